The molecule has 2 rings (SSSR count). The SMILES string of the molecule is CO[C@@](CC(C)C)(OC(=O)NC1CCCCC1)c1ccccc1I. The second kappa shape index (κ2) is 9.04. The van der Waals surface area contributed by atoms with Crippen LogP contribution in [-0.4, -0.2) is 19.2 Å². The Labute approximate surface area is 158 Å². The number of carbonyl (C=O) groups is 1. The molecular weight excluding hydrogens is 417 g/mol. The maximum atomic E-state index is 12.5. The Morgan fingerprint density at radius 2 is 1.96 bits per heavy atom. The van der Waals surface area contributed by atoms with E-state index in [1.54, 1.807) is 7.11 Å². The molecule has 0 aromatic heterocycles. The number of amides is 1. The Kier molecular flexibility index (Phi) is 7.34. The smallest absolute Gasteiger partial charge is 0.410 e. The van der Waals surface area contributed by atoms with E-state index in [-0.39, 0.29) is 12.1 Å². The summed E-state index contributed by atoms with van der Waals surface area (Å²) in [6.07, 6.45) is 5.88. The van der Waals surface area contributed by atoms with Gasteiger partial charge in [0.25, 0.3) is 0 Å². The van der Waals surface area contributed by atoms with E-state index in [1.165, 1.54) is 19.3 Å². The second-order valence-electron chi connectivity index (χ2n) is 6.90. The summed E-state index contributed by atoms with van der Waals surface area (Å²) in [4.78, 5) is 12.5. The zero-order valence-corrected chi connectivity index (χ0v) is 17.0. The molecule has 0 saturated heterocycles. The summed E-state index contributed by atoms with van der Waals surface area (Å²) in [7, 11) is 1.61. The molecule has 0 aliphatic heterocycles. The van der Waals surface area contributed by atoms with Gasteiger partial charge in [-0.05, 0) is 47.4 Å². The molecule has 5 heteroatoms. The molecule has 0 unspecified atom stereocenters. The fourth-order valence-corrected chi connectivity index (χ4v) is 4.14. The average molecular weight is 445 g/mol. The van der Waals surface area contributed by atoms with Crippen molar-refractivity contribution in [3.63, 3.8) is 0 Å². The van der Waals surface area contributed by atoms with Crippen LogP contribution in [0.3, 0.4) is 0 Å². The highest BCUT2D eigenvalue weighted by molar-refractivity contribution is 14.1. The van der Waals surface area contributed by atoms with Crippen LogP contribution in [-0.2, 0) is 15.3 Å². The summed E-state index contributed by atoms with van der Waals surface area (Å²) in [5, 5.41) is 3.03. The first-order valence-electron chi connectivity index (χ1n) is 8.76. The van der Waals surface area contributed by atoms with Gasteiger partial charge in [0, 0.05) is 28.7 Å². The zero-order chi connectivity index (χ0) is 17.6. The Balaban J connectivity index is 2.19. The van der Waals surface area contributed by atoms with Crippen LogP contribution in [0.15, 0.2) is 24.3 Å². The van der Waals surface area contributed by atoms with Crippen LogP contribution >= 0.6 is 22.6 Å². The highest BCUT2D eigenvalue weighted by Gasteiger charge is 2.39. The van der Waals surface area contributed by atoms with Gasteiger partial charge in [0.05, 0.1) is 0 Å². The van der Waals surface area contributed by atoms with Gasteiger partial charge in [-0.2, -0.15) is 0 Å². The summed E-state index contributed by atoms with van der Waals surface area (Å²) in [5.74, 6) is -0.728. The van der Waals surface area contributed by atoms with Crippen molar-refractivity contribution in [2.75, 3.05) is 7.11 Å². The first kappa shape index (κ1) is 19.5. The molecule has 134 valence electrons. The number of rotatable bonds is 6. The van der Waals surface area contributed by atoms with Crippen LogP contribution in [0.5, 0.6) is 0 Å². The molecule has 0 radical (unpaired) electrons. The number of methoxy groups -OCH3 is 1. The molecular formula is C19H28INO3. The molecule has 1 aliphatic rings. The van der Waals surface area contributed by atoms with E-state index >= 15 is 0 Å². The van der Waals surface area contributed by atoms with Gasteiger partial charge < -0.3 is 14.8 Å². The van der Waals surface area contributed by atoms with Crippen molar-refractivity contribution < 1.29 is 14.3 Å². The van der Waals surface area contributed by atoms with Crippen molar-refractivity contribution in [2.45, 2.75) is 64.2 Å². The number of alkyl carbamates (subject to hydrolysis) is 1. The molecule has 1 aliphatic carbocycles. The second-order valence-corrected chi connectivity index (χ2v) is 8.07. The van der Waals surface area contributed by atoms with E-state index in [2.05, 4.69) is 41.8 Å². The molecule has 1 saturated carbocycles. The zero-order valence-electron chi connectivity index (χ0n) is 14.8. The van der Waals surface area contributed by atoms with Gasteiger partial charge in [0.15, 0.2) is 0 Å². The quantitative estimate of drug-likeness (QED) is 0.484. The molecule has 0 bridgehead atoms. The minimum atomic E-state index is -1.05. The lowest BCUT2D eigenvalue weighted by Gasteiger charge is -2.35. The maximum Gasteiger partial charge on any atom is 0.410 e. The Morgan fingerprint density at radius 1 is 1.29 bits per heavy atom. The number of hydrogen-bond acceptors (Lipinski definition) is 3. The van der Waals surface area contributed by atoms with Gasteiger partial charge in [-0.25, -0.2) is 4.79 Å². The predicted molar refractivity (Wildman–Crippen MR) is 104 cm³/mol. The summed E-state index contributed by atoms with van der Waals surface area (Å²) < 4.78 is 12.7. The third-order valence-corrected chi connectivity index (χ3v) is 5.42. The third-order valence-electron chi connectivity index (χ3n) is 4.48. The van der Waals surface area contributed by atoms with E-state index in [0.29, 0.717) is 12.3 Å². The summed E-state index contributed by atoms with van der Waals surface area (Å²) in [5.41, 5.74) is 0.903. The van der Waals surface area contributed by atoms with E-state index < -0.39 is 5.79 Å². The number of hydrogen-bond donors (Lipinski definition) is 1. The highest BCUT2D eigenvalue weighted by atomic mass is 127. The van der Waals surface area contributed by atoms with Gasteiger partial charge in [-0.15, -0.1) is 0 Å². The Hall–Kier alpha value is -0.820. The number of halogens is 1. The monoisotopic (exact) mass is 445 g/mol. The van der Waals surface area contributed by atoms with E-state index in [9.17, 15) is 4.79 Å². The van der Waals surface area contributed by atoms with E-state index in [4.69, 9.17) is 9.47 Å². The molecule has 1 aromatic carbocycles. The standard InChI is InChI=1S/C19H28INO3/c1-14(2)13-19(23-3,16-11-7-8-12-17(16)20)24-18(22)21-15-9-5-4-6-10-15/h7-8,11-12,14-15H,4-6,9-10,13H2,1-3H3,(H,21,22)/t19-/m0/s1. The lowest BCUT2D eigenvalue weighted by molar-refractivity contribution is -0.204. The van der Waals surface area contributed by atoms with Crippen LogP contribution in [0.4, 0.5) is 4.79 Å². The first-order chi connectivity index (χ1) is 11.5. The topological polar surface area (TPSA) is 47.6 Å². The number of carbonyl (C=O) groups excluding carboxylic acids is 1. The molecule has 1 aromatic rings. The Bertz CT molecular complexity index is 543. The van der Waals surface area contributed by atoms with Crippen LogP contribution in [0.2, 0.25) is 0 Å². The van der Waals surface area contributed by atoms with Gasteiger partial charge in [0.2, 0.25) is 5.79 Å². The maximum absolute atomic E-state index is 12.5. The van der Waals surface area contributed by atoms with Crippen molar-refractivity contribution in [3.8, 4) is 0 Å². The molecule has 1 amide bonds. The van der Waals surface area contributed by atoms with Crippen molar-refractivity contribution in [1.29, 1.82) is 0 Å². The molecule has 1 N–H and O–H groups in total. The van der Waals surface area contributed by atoms with Crippen molar-refractivity contribution >= 4 is 28.7 Å². The minimum Gasteiger partial charge on any atom is -0.412 e. The number of nitrogens with one attached hydrogen (secondary N) is 1. The highest BCUT2D eigenvalue weighted by Crippen LogP contribution is 2.36. The fourth-order valence-electron chi connectivity index (χ4n) is 3.34. The first-order valence-corrected chi connectivity index (χ1v) is 9.84. The van der Waals surface area contributed by atoms with E-state index in [0.717, 1.165) is 22.0 Å². The van der Waals surface area contributed by atoms with Gasteiger partial charge in [-0.1, -0.05) is 51.3 Å². The Morgan fingerprint density at radius 3 is 2.54 bits per heavy atom. The fraction of sp³-hybridized carbons (Fsp3) is 0.632. The van der Waals surface area contributed by atoms with Crippen LogP contribution < -0.4 is 5.32 Å². The predicted octanol–water partition coefficient (Wildman–Crippen LogP) is 5.20. The summed E-state index contributed by atoms with van der Waals surface area (Å²) in [6.45, 7) is 4.21. The number of benzene rings is 1. The lowest BCUT2D eigenvalue weighted by atomic mass is 9.95. The molecule has 0 spiro atoms. The normalized spacial score (nSPS) is 18.2. The van der Waals surface area contributed by atoms with Crippen molar-refractivity contribution in [2.24, 2.45) is 5.92 Å². The van der Waals surface area contributed by atoms with Gasteiger partial charge in [0.1, 0.15) is 0 Å². The van der Waals surface area contributed by atoms with Crippen LogP contribution in [0, 0.1) is 9.49 Å². The lowest BCUT2D eigenvalue weighted by Crippen LogP contribution is -2.44. The molecule has 24 heavy (non-hydrogen) atoms. The molecule has 0 heterocycles. The summed E-state index contributed by atoms with van der Waals surface area (Å²) >= 11 is 2.27. The van der Waals surface area contributed by atoms with Crippen LogP contribution in [0.25, 0.3) is 0 Å². The van der Waals surface area contributed by atoms with Crippen molar-refractivity contribution in [1.82, 2.24) is 5.32 Å². The number of ether oxygens (including phenoxy) is 2. The van der Waals surface area contributed by atoms with E-state index in [1.807, 2.05) is 24.3 Å². The molecule has 4 nitrogen and oxygen atoms in total. The largest absolute Gasteiger partial charge is 0.412 e. The van der Waals surface area contributed by atoms with Gasteiger partial charge in [-0.3, -0.25) is 0 Å². The minimum absolute atomic E-state index is 0.217. The summed E-state index contributed by atoms with van der Waals surface area (Å²) in [6, 6.07) is 8.13. The molecule has 1 atom stereocenters. The third kappa shape index (κ3) is 5.09. The van der Waals surface area contributed by atoms with Gasteiger partial charge >= 0.3 is 6.09 Å². The van der Waals surface area contributed by atoms with Crippen molar-refractivity contribution in [3.05, 3.63) is 33.4 Å². The van der Waals surface area contributed by atoms with Crippen LogP contribution in [0.1, 0.15) is 57.9 Å². The average Bonchev–Trinajstić information content (AvgIpc) is 2.55. The molecule has 1 fully saturated rings.